The SMILES string of the molecule is CN(C)C1CCCCC1Br. The second kappa shape index (κ2) is 3.72. The third-order valence-corrected chi connectivity index (χ3v) is 3.38. The van der Waals surface area contributed by atoms with Crippen molar-refractivity contribution in [1.82, 2.24) is 4.90 Å². The van der Waals surface area contributed by atoms with Crippen LogP contribution in [0.1, 0.15) is 25.7 Å². The highest BCUT2D eigenvalue weighted by molar-refractivity contribution is 9.09. The van der Waals surface area contributed by atoms with Crippen LogP contribution in [0.4, 0.5) is 0 Å². The molecular weight excluding hydrogens is 190 g/mol. The Morgan fingerprint density at radius 3 is 2.20 bits per heavy atom. The number of halogens is 1. The quantitative estimate of drug-likeness (QED) is 0.595. The summed E-state index contributed by atoms with van der Waals surface area (Å²) in [5.74, 6) is 0. The van der Waals surface area contributed by atoms with E-state index in [4.69, 9.17) is 0 Å². The van der Waals surface area contributed by atoms with E-state index < -0.39 is 0 Å². The standard InChI is InChI=1S/C8H16BrN/c1-10(2)8-6-4-3-5-7(8)9/h7-8H,3-6H2,1-2H3. The summed E-state index contributed by atoms with van der Waals surface area (Å²) in [4.78, 5) is 3.06. The van der Waals surface area contributed by atoms with E-state index in [0.717, 1.165) is 10.9 Å². The van der Waals surface area contributed by atoms with Gasteiger partial charge in [0, 0.05) is 10.9 Å². The van der Waals surface area contributed by atoms with Crippen molar-refractivity contribution in [3.8, 4) is 0 Å². The molecule has 0 aliphatic heterocycles. The first kappa shape index (κ1) is 8.54. The fraction of sp³-hybridized carbons (Fsp3) is 1.00. The lowest BCUT2D eigenvalue weighted by Crippen LogP contribution is -2.37. The predicted molar refractivity (Wildman–Crippen MR) is 48.7 cm³/mol. The predicted octanol–water partition coefficient (Wildman–Crippen LogP) is 2.25. The first-order chi connectivity index (χ1) is 4.72. The molecule has 1 aliphatic carbocycles. The maximum atomic E-state index is 3.71. The van der Waals surface area contributed by atoms with Gasteiger partial charge in [0.2, 0.25) is 0 Å². The number of hydrogen-bond donors (Lipinski definition) is 0. The van der Waals surface area contributed by atoms with Gasteiger partial charge in [0.05, 0.1) is 0 Å². The Bertz CT molecular complexity index is 103. The van der Waals surface area contributed by atoms with Gasteiger partial charge in [-0.15, -0.1) is 0 Å². The molecule has 0 aromatic rings. The summed E-state index contributed by atoms with van der Waals surface area (Å²) < 4.78 is 0. The van der Waals surface area contributed by atoms with Crippen LogP contribution in [0.2, 0.25) is 0 Å². The van der Waals surface area contributed by atoms with Gasteiger partial charge in [-0.3, -0.25) is 0 Å². The highest BCUT2D eigenvalue weighted by Gasteiger charge is 2.23. The third-order valence-electron chi connectivity index (χ3n) is 2.31. The summed E-state index contributed by atoms with van der Waals surface area (Å²) in [5, 5.41) is 0. The summed E-state index contributed by atoms with van der Waals surface area (Å²) >= 11 is 3.71. The fourth-order valence-electron chi connectivity index (χ4n) is 1.65. The molecule has 1 rings (SSSR count). The van der Waals surface area contributed by atoms with Crippen molar-refractivity contribution in [3.05, 3.63) is 0 Å². The lowest BCUT2D eigenvalue weighted by molar-refractivity contribution is 0.239. The zero-order valence-electron chi connectivity index (χ0n) is 6.81. The van der Waals surface area contributed by atoms with Gasteiger partial charge in [-0.1, -0.05) is 28.8 Å². The van der Waals surface area contributed by atoms with Crippen molar-refractivity contribution in [1.29, 1.82) is 0 Å². The molecule has 0 N–H and O–H groups in total. The minimum Gasteiger partial charge on any atom is -0.305 e. The number of nitrogens with zero attached hydrogens (tertiary/aromatic N) is 1. The van der Waals surface area contributed by atoms with E-state index in [2.05, 4.69) is 34.9 Å². The van der Waals surface area contributed by atoms with Crippen LogP contribution in [0.5, 0.6) is 0 Å². The first-order valence-electron chi connectivity index (χ1n) is 4.02. The van der Waals surface area contributed by atoms with Crippen LogP contribution in [0, 0.1) is 0 Å². The molecule has 60 valence electrons. The molecule has 1 nitrogen and oxygen atoms in total. The van der Waals surface area contributed by atoms with Gasteiger partial charge in [0.15, 0.2) is 0 Å². The average Bonchev–Trinajstić information content (AvgIpc) is 1.88. The lowest BCUT2D eigenvalue weighted by Gasteiger charge is -2.32. The summed E-state index contributed by atoms with van der Waals surface area (Å²) in [5.41, 5.74) is 0. The van der Waals surface area contributed by atoms with Gasteiger partial charge in [0.1, 0.15) is 0 Å². The molecule has 0 aromatic carbocycles. The molecule has 0 radical (unpaired) electrons. The largest absolute Gasteiger partial charge is 0.305 e. The molecule has 0 spiro atoms. The molecule has 0 bridgehead atoms. The fourth-order valence-corrected chi connectivity index (χ4v) is 2.71. The molecule has 2 unspecified atom stereocenters. The van der Waals surface area contributed by atoms with Crippen molar-refractivity contribution in [2.75, 3.05) is 14.1 Å². The third kappa shape index (κ3) is 1.96. The van der Waals surface area contributed by atoms with Gasteiger partial charge < -0.3 is 4.90 Å². The van der Waals surface area contributed by atoms with Crippen molar-refractivity contribution in [2.24, 2.45) is 0 Å². The highest BCUT2D eigenvalue weighted by Crippen LogP contribution is 2.26. The van der Waals surface area contributed by atoms with E-state index in [1.807, 2.05) is 0 Å². The molecular formula is C8H16BrN. The Morgan fingerprint density at radius 1 is 1.20 bits per heavy atom. The smallest absolute Gasteiger partial charge is 0.0301 e. The van der Waals surface area contributed by atoms with Crippen LogP contribution in [0.25, 0.3) is 0 Å². The molecule has 10 heavy (non-hydrogen) atoms. The van der Waals surface area contributed by atoms with Crippen LogP contribution in [0.15, 0.2) is 0 Å². The van der Waals surface area contributed by atoms with Gasteiger partial charge in [0.25, 0.3) is 0 Å². The van der Waals surface area contributed by atoms with E-state index in [9.17, 15) is 0 Å². The Kier molecular flexibility index (Phi) is 3.18. The monoisotopic (exact) mass is 205 g/mol. The molecule has 2 atom stereocenters. The molecule has 0 aromatic heterocycles. The van der Waals surface area contributed by atoms with E-state index in [1.165, 1.54) is 25.7 Å². The normalized spacial score (nSPS) is 34.8. The van der Waals surface area contributed by atoms with Crippen molar-refractivity contribution in [2.45, 2.75) is 36.6 Å². The Morgan fingerprint density at radius 2 is 1.80 bits per heavy atom. The van der Waals surface area contributed by atoms with Gasteiger partial charge in [-0.2, -0.15) is 0 Å². The summed E-state index contributed by atoms with van der Waals surface area (Å²) in [6.07, 6.45) is 5.52. The summed E-state index contributed by atoms with van der Waals surface area (Å²) in [6.45, 7) is 0. The molecule has 0 heterocycles. The van der Waals surface area contributed by atoms with Gasteiger partial charge in [-0.05, 0) is 26.9 Å². The minimum absolute atomic E-state index is 0.733. The van der Waals surface area contributed by atoms with Crippen LogP contribution >= 0.6 is 15.9 Å². The lowest BCUT2D eigenvalue weighted by atomic mass is 9.95. The topological polar surface area (TPSA) is 3.24 Å². The van der Waals surface area contributed by atoms with E-state index in [-0.39, 0.29) is 0 Å². The molecule has 1 fully saturated rings. The van der Waals surface area contributed by atoms with Gasteiger partial charge in [-0.25, -0.2) is 0 Å². The number of rotatable bonds is 1. The Balaban J connectivity index is 2.40. The van der Waals surface area contributed by atoms with Crippen LogP contribution < -0.4 is 0 Å². The zero-order chi connectivity index (χ0) is 7.56. The maximum Gasteiger partial charge on any atom is 0.0301 e. The zero-order valence-corrected chi connectivity index (χ0v) is 8.39. The van der Waals surface area contributed by atoms with E-state index in [1.54, 1.807) is 0 Å². The number of hydrogen-bond acceptors (Lipinski definition) is 1. The first-order valence-corrected chi connectivity index (χ1v) is 4.94. The average molecular weight is 206 g/mol. The second-order valence-corrected chi connectivity index (χ2v) is 4.51. The van der Waals surface area contributed by atoms with Crippen molar-refractivity contribution < 1.29 is 0 Å². The van der Waals surface area contributed by atoms with E-state index >= 15 is 0 Å². The van der Waals surface area contributed by atoms with Crippen LogP contribution in [-0.4, -0.2) is 29.9 Å². The number of alkyl halides is 1. The molecule has 1 saturated carbocycles. The van der Waals surface area contributed by atoms with Crippen molar-refractivity contribution in [3.63, 3.8) is 0 Å². The van der Waals surface area contributed by atoms with Gasteiger partial charge >= 0.3 is 0 Å². The molecule has 1 aliphatic rings. The molecule has 0 saturated heterocycles. The molecule has 0 amide bonds. The van der Waals surface area contributed by atoms with Crippen LogP contribution in [-0.2, 0) is 0 Å². The molecule has 2 heteroatoms. The summed E-state index contributed by atoms with van der Waals surface area (Å²) in [7, 11) is 4.34. The highest BCUT2D eigenvalue weighted by atomic mass is 79.9. The maximum absolute atomic E-state index is 3.71. The Hall–Kier alpha value is 0.440. The van der Waals surface area contributed by atoms with E-state index in [0.29, 0.717) is 0 Å². The van der Waals surface area contributed by atoms with Crippen LogP contribution in [0.3, 0.4) is 0 Å². The Labute approximate surface area is 71.9 Å². The second-order valence-electron chi connectivity index (χ2n) is 3.33. The summed E-state index contributed by atoms with van der Waals surface area (Å²) in [6, 6.07) is 0.772. The minimum atomic E-state index is 0.733. The van der Waals surface area contributed by atoms with Crippen molar-refractivity contribution >= 4 is 15.9 Å².